The van der Waals surface area contributed by atoms with Crippen molar-refractivity contribution in [1.29, 1.82) is 0 Å². The maximum absolute atomic E-state index is 6.62. The molecule has 0 rings (SSSR count). The third-order valence-corrected chi connectivity index (χ3v) is 0. The second kappa shape index (κ2) is 17.4. The van der Waals surface area contributed by atoms with E-state index in [0.717, 1.165) is 0 Å². The summed E-state index contributed by atoms with van der Waals surface area (Å²) in [5.74, 6) is 0. The summed E-state index contributed by atoms with van der Waals surface area (Å²) >= 11 is 0. The SMILES string of the molecule is OOO.[Bi].[Zr]. The minimum atomic E-state index is 0. The molecule has 0 spiro atoms. The van der Waals surface area contributed by atoms with Gasteiger partial charge in [-0.3, -0.25) is 0 Å². The van der Waals surface area contributed by atoms with E-state index in [1.807, 2.05) is 0 Å². The Hall–Kier alpha value is 1.65. The van der Waals surface area contributed by atoms with Crippen molar-refractivity contribution >= 4 is 26.2 Å². The van der Waals surface area contributed by atoms with Gasteiger partial charge in [-0.1, -0.05) is 5.04 Å². The third-order valence-electron chi connectivity index (χ3n) is 0. The fraction of sp³-hybridized carbons (Fsp3) is 0. The van der Waals surface area contributed by atoms with Gasteiger partial charge in [0.1, 0.15) is 0 Å². The van der Waals surface area contributed by atoms with Crippen molar-refractivity contribution in [2.24, 2.45) is 0 Å². The smallest absolute Gasteiger partial charge is 0 e. The molecule has 0 aromatic carbocycles. The topological polar surface area (TPSA) is 49.7 Å². The van der Waals surface area contributed by atoms with Gasteiger partial charge in [0.05, 0.1) is 0 Å². The van der Waals surface area contributed by atoms with E-state index in [2.05, 4.69) is 5.04 Å². The normalized spacial score (nSPS) is 3.60. The van der Waals surface area contributed by atoms with E-state index in [9.17, 15) is 0 Å². The van der Waals surface area contributed by atoms with Gasteiger partial charge in [-0.25, -0.2) is 10.5 Å². The van der Waals surface area contributed by atoms with Crippen molar-refractivity contribution in [1.82, 2.24) is 0 Å². The molecule has 0 aliphatic carbocycles. The molecular weight excluding hydrogens is 348 g/mol. The molecule has 0 unspecified atom stereocenters. The van der Waals surface area contributed by atoms with Crippen LogP contribution in [-0.2, 0) is 31.2 Å². The standard InChI is InChI=1S/Bi.H2O3.Zr/c;1-3-2;/h;1-2H;. The average Bonchev–Trinajstić information content (AvgIpc) is 0.918. The van der Waals surface area contributed by atoms with Crippen LogP contribution in [0.1, 0.15) is 0 Å². The zero-order chi connectivity index (χ0) is 2.71. The monoisotopic (exact) mass is 349 g/mol. The van der Waals surface area contributed by atoms with Gasteiger partial charge < -0.3 is 0 Å². The summed E-state index contributed by atoms with van der Waals surface area (Å²) in [4.78, 5) is 0. The van der Waals surface area contributed by atoms with Crippen molar-refractivity contribution in [2.45, 2.75) is 0 Å². The Labute approximate surface area is 67.4 Å². The zero-order valence-electron chi connectivity index (χ0n) is 2.25. The summed E-state index contributed by atoms with van der Waals surface area (Å²) in [5, 5.41) is 15.5. The summed E-state index contributed by atoms with van der Waals surface area (Å²) in [6, 6.07) is 0. The second-order valence-electron chi connectivity index (χ2n) is 0.0816. The minimum Gasteiger partial charge on any atom is -0.221 e. The van der Waals surface area contributed by atoms with Crippen LogP contribution >= 0.6 is 0 Å². The molecule has 0 saturated heterocycles. The predicted molar refractivity (Wildman–Crippen MR) is 12.1 cm³/mol. The molecule has 5 heteroatoms. The van der Waals surface area contributed by atoms with Gasteiger partial charge >= 0.3 is 0 Å². The first-order valence-electron chi connectivity index (χ1n) is 0.365. The summed E-state index contributed by atoms with van der Waals surface area (Å²) < 4.78 is 0. The number of hydrogen-bond acceptors (Lipinski definition) is 3. The van der Waals surface area contributed by atoms with Gasteiger partial charge in [0.15, 0.2) is 0 Å². The van der Waals surface area contributed by atoms with Gasteiger partial charge in [-0.05, 0) is 0 Å². The molecule has 0 aliphatic rings. The van der Waals surface area contributed by atoms with E-state index < -0.39 is 0 Å². The van der Waals surface area contributed by atoms with Crippen LogP contribution in [0.15, 0.2) is 0 Å². The Morgan fingerprint density at radius 3 is 1.20 bits per heavy atom. The molecule has 3 nitrogen and oxygen atoms in total. The summed E-state index contributed by atoms with van der Waals surface area (Å²) in [6.07, 6.45) is 0. The second-order valence-corrected chi connectivity index (χ2v) is 0.0816. The Bertz CT molecular complexity index is 6.85. The van der Waals surface area contributed by atoms with Crippen LogP contribution in [0.25, 0.3) is 0 Å². The van der Waals surface area contributed by atoms with Crippen LogP contribution in [0.2, 0.25) is 0 Å². The molecule has 0 amide bonds. The molecular formula is H2BiO3Zr. The molecule has 0 aliphatic heterocycles. The number of rotatable bonds is 0. The van der Waals surface area contributed by atoms with Crippen molar-refractivity contribution in [3.63, 3.8) is 0 Å². The summed E-state index contributed by atoms with van der Waals surface area (Å²) in [5.41, 5.74) is 0. The van der Waals surface area contributed by atoms with Crippen LogP contribution in [0.3, 0.4) is 0 Å². The van der Waals surface area contributed by atoms with Crippen LogP contribution in [0.5, 0.6) is 0 Å². The van der Waals surface area contributed by atoms with E-state index in [0.29, 0.717) is 0 Å². The Kier molecular flexibility index (Phi) is 55.5. The summed E-state index contributed by atoms with van der Waals surface area (Å²) in [7, 11) is 0. The zero-order valence-corrected chi connectivity index (χ0v) is 8.18. The fourth-order valence-corrected chi connectivity index (χ4v) is 0. The first kappa shape index (κ1) is 15.9. The maximum atomic E-state index is 6.62. The Morgan fingerprint density at radius 1 is 1.20 bits per heavy atom. The molecule has 3 radical (unpaired) electrons. The fourth-order valence-electron chi connectivity index (χ4n) is 0. The largest absolute Gasteiger partial charge is 0.221 e. The van der Waals surface area contributed by atoms with Gasteiger partial charge in [-0.15, -0.1) is 0 Å². The van der Waals surface area contributed by atoms with Gasteiger partial charge in [0.2, 0.25) is 0 Å². The van der Waals surface area contributed by atoms with E-state index in [-0.39, 0.29) is 52.4 Å². The maximum Gasteiger partial charge on any atom is 0 e. The van der Waals surface area contributed by atoms with Gasteiger partial charge in [0.25, 0.3) is 0 Å². The first-order chi connectivity index (χ1) is 1.41. The quantitative estimate of drug-likeness (QED) is 0.354. The molecule has 2 N–H and O–H groups in total. The van der Waals surface area contributed by atoms with Crippen LogP contribution < -0.4 is 0 Å². The average molecular weight is 350 g/mol. The molecule has 5 heavy (non-hydrogen) atoms. The molecule has 0 bridgehead atoms. The number of hydrogen-bond donors (Lipinski definition) is 2. The molecule has 0 aromatic rings. The van der Waals surface area contributed by atoms with Gasteiger partial charge in [-0.2, -0.15) is 0 Å². The summed E-state index contributed by atoms with van der Waals surface area (Å²) in [6.45, 7) is 0. The van der Waals surface area contributed by atoms with E-state index >= 15 is 0 Å². The first-order valence-corrected chi connectivity index (χ1v) is 0.365. The van der Waals surface area contributed by atoms with Crippen LogP contribution in [-0.4, -0.2) is 36.7 Å². The molecule has 0 saturated carbocycles. The Morgan fingerprint density at radius 2 is 1.20 bits per heavy atom. The van der Waals surface area contributed by atoms with Crippen LogP contribution in [0, 0.1) is 0 Å². The van der Waals surface area contributed by atoms with Crippen molar-refractivity contribution in [3.05, 3.63) is 0 Å². The van der Waals surface area contributed by atoms with Crippen LogP contribution in [0.4, 0.5) is 0 Å². The predicted octanol–water partition coefficient (Wildman–Crippen LogP) is -0.434. The van der Waals surface area contributed by atoms with Gasteiger partial charge in [0, 0.05) is 52.4 Å². The van der Waals surface area contributed by atoms with Crippen molar-refractivity contribution < 1.29 is 41.8 Å². The van der Waals surface area contributed by atoms with Crippen molar-refractivity contribution in [3.8, 4) is 0 Å². The Balaban J connectivity index is -0.0000000200. The molecule has 0 aromatic heterocycles. The van der Waals surface area contributed by atoms with E-state index in [1.165, 1.54) is 0 Å². The molecule has 0 fully saturated rings. The molecule has 0 atom stereocenters. The van der Waals surface area contributed by atoms with E-state index in [4.69, 9.17) is 10.5 Å². The molecule has 0 heterocycles. The molecule has 29 valence electrons. The third kappa shape index (κ3) is 27.7. The van der Waals surface area contributed by atoms with E-state index in [1.54, 1.807) is 0 Å². The van der Waals surface area contributed by atoms with Crippen molar-refractivity contribution in [2.75, 3.05) is 0 Å². The minimum absolute atomic E-state index is 0.